The lowest BCUT2D eigenvalue weighted by Crippen LogP contribution is -2.38. The zero-order valence-corrected chi connectivity index (χ0v) is 12.7. The summed E-state index contributed by atoms with van der Waals surface area (Å²) in [5.74, 6) is 0.433. The molecule has 1 aliphatic rings. The van der Waals surface area contributed by atoms with Gasteiger partial charge in [-0.2, -0.15) is 0 Å². The van der Waals surface area contributed by atoms with E-state index in [0.29, 0.717) is 5.92 Å². The predicted molar refractivity (Wildman–Crippen MR) is 77.4 cm³/mol. The zero-order valence-electron chi connectivity index (χ0n) is 11.9. The Hall–Kier alpha value is -0.610. The molecule has 1 unspecified atom stereocenters. The average molecular weight is 268 g/mol. The number of thiazole rings is 1. The van der Waals surface area contributed by atoms with Gasteiger partial charge in [-0.15, -0.1) is 0 Å². The first-order chi connectivity index (χ1) is 8.49. The molecule has 1 aromatic heterocycles. The van der Waals surface area contributed by atoms with Crippen LogP contribution in [0.1, 0.15) is 63.4 Å². The quantitative estimate of drug-likeness (QED) is 0.907. The average Bonchev–Trinajstić information content (AvgIpc) is 2.90. The van der Waals surface area contributed by atoms with E-state index >= 15 is 0 Å². The number of aliphatic hydroxyl groups is 1. The van der Waals surface area contributed by atoms with E-state index in [9.17, 15) is 5.11 Å². The van der Waals surface area contributed by atoms with Crippen LogP contribution in [0.15, 0.2) is 0 Å². The van der Waals surface area contributed by atoms with Crippen LogP contribution in [-0.2, 0) is 6.61 Å². The number of nitrogens with zero attached hydrogens (tertiary/aromatic N) is 2. The highest BCUT2D eigenvalue weighted by molar-refractivity contribution is 7.15. The molecule has 3 nitrogen and oxygen atoms in total. The first-order valence-corrected chi connectivity index (χ1v) is 7.69. The van der Waals surface area contributed by atoms with Crippen LogP contribution >= 0.6 is 11.3 Å². The molecule has 1 aromatic rings. The Morgan fingerprint density at radius 3 is 2.72 bits per heavy atom. The molecule has 1 saturated heterocycles. The summed E-state index contributed by atoms with van der Waals surface area (Å²) in [6.45, 7) is 10.1. The first-order valence-electron chi connectivity index (χ1n) is 6.87. The fourth-order valence-corrected chi connectivity index (χ4v) is 3.85. The molecule has 1 aliphatic heterocycles. The second-order valence-corrected chi connectivity index (χ2v) is 6.90. The molecular formula is C14H24N2OS. The van der Waals surface area contributed by atoms with Gasteiger partial charge in [0.2, 0.25) is 0 Å². The van der Waals surface area contributed by atoms with Crippen LogP contribution in [0.2, 0.25) is 0 Å². The van der Waals surface area contributed by atoms with Crippen molar-refractivity contribution in [3.05, 3.63) is 10.6 Å². The summed E-state index contributed by atoms with van der Waals surface area (Å²) in [6.07, 6.45) is 3.53. The van der Waals surface area contributed by atoms with Gasteiger partial charge in [0.1, 0.15) is 0 Å². The maximum absolute atomic E-state index is 9.50. The summed E-state index contributed by atoms with van der Waals surface area (Å²) in [7, 11) is 0. The molecule has 1 atom stereocenters. The van der Waals surface area contributed by atoms with Crippen molar-refractivity contribution in [3.8, 4) is 0 Å². The van der Waals surface area contributed by atoms with E-state index in [2.05, 4.69) is 32.6 Å². The number of hydrogen-bond acceptors (Lipinski definition) is 4. The lowest BCUT2D eigenvalue weighted by atomic mass is 10.0. The van der Waals surface area contributed by atoms with Crippen LogP contribution in [0.25, 0.3) is 0 Å². The standard InChI is InChI=1S/C14H24N2OS/c1-5-10(2)12-11(9-17)18-13(15-12)16-8-6-7-14(16,3)4/h10,17H,5-9H2,1-4H3. The van der Waals surface area contributed by atoms with Crippen molar-refractivity contribution in [2.24, 2.45) is 0 Å². The molecule has 0 radical (unpaired) electrons. The summed E-state index contributed by atoms with van der Waals surface area (Å²) in [5.41, 5.74) is 1.31. The Morgan fingerprint density at radius 2 is 2.22 bits per heavy atom. The third-order valence-corrected chi connectivity index (χ3v) is 5.15. The van der Waals surface area contributed by atoms with Crippen LogP contribution in [0, 0.1) is 0 Å². The van der Waals surface area contributed by atoms with E-state index in [1.165, 1.54) is 12.8 Å². The van der Waals surface area contributed by atoms with E-state index in [1.807, 2.05) is 0 Å². The Labute approximate surface area is 114 Å². The normalized spacial score (nSPS) is 20.4. The van der Waals surface area contributed by atoms with Crippen molar-refractivity contribution in [2.75, 3.05) is 11.4 Å². The van der Waals surface area contributed by atoms with E-state index in [-0.39, 0.29) is 12.1 Å². The van der Waals surface area contributed by atoms with E-state index in [0.717, 1.165) is 28.7 Å². The Kier molecular flexibility index (Phi) is 3.97. The summed E-state index contributed by atoms with van der Waals surface area (Å²) in [6, 6.07) is 0. The molecule has 1 N–H and O–H groups in total. The molecule has 18 heavy (non-hydrogen) atoms. The number of rotatable bonds is 4. The summed E-state index contributed by atoms with van der Waals surface area (Å²) < 4.78 is 0. The Bertz CT molecular complexity index is 414. The van der Waals surface area contributed by atoms with Crippen LogP contribution in [-0.4, -0.2) is 22.2 Å². The van der Waals surface area contributed by atoms with Gasteiger partial charge in [-0.3, -0.25) is 0 Å². The van der Waals surface area contributed by atoms with Gasteiger partial charge in [-0.1, -0.05) is 25.2 Å². The van der Waals surface area contributed by atoms with Crippen molar-refractivity contribution < 1.29 is 5.11 Å². The van der Waals surface area contributed by atoms with Gasteiger partial charge in [0.25, 0.3) is 0 Å². The predicted octanol–water partition coefficient (Wildman–Crippen LogP) is 3.53. The molecule has 102 valence electrons. The molecule has 2 rings (SSSR count). The van der Waals surface area contributed by atoms with E-state index in [4.69, 9.17) is 4.98 Å². The topological polar surface area (TPSA) is 36.4 Å². The minimum atomic E-state index is 0.117. The van der Waals surface area contributed by atoms with Crippen molar-refractivity contribution in [1.82, 2.24) is 4.98 Å². The molecule has 0 aliphatic carbocycles. The van der Waals surface area contributed by atoms with Crippen molar-refractivity contribution in [3.63, 3.8) is 0 Å². The van der Waals surface area contributed by atoms with Crippen LogP contribution < -0.4 is 4.90 Å². The fourth-order valence-electron chi connectivity index (χ4n) is 2.62. The second kappa shape index (κ2) is 5.17. The molecule has 2 heterocycles. The van der Waals surface area contributed by atoms with Crippen molar-refractivity contribution in [1.29, 1.82) is 0 Å². The third-order valence-electron chi connectivity index (χ3n) is 4.07. The minimum absolute atomic E-state index is 0.117. The molecule has 4 heteroatoms. The van der Waals surface area contributed by atoms with Crippen molar-refractivity contribution >= 4 is 16.5 Å². The van der Waals surface area contributed by atoms with Crippen LogP contribution in [0.5, 0.6) is 0 Å². The summed E-state index contributed by atoms with van der Waals surface area (Å²) in [5, 5.41) is 10.6. The SMILES string of the molecule is CCC(C)c1nc(N2CCCC2(C)C)sc1CO. The fraction of sp³-hybridized carbons (Fsp3) is 0.786. The highest BCUT2D eigenvalue weighted by Crippen LogP contribution is 2.39. The Balaban J connectivity index is 2.32. The molecule has 0 saturated carbocycles. The third kappa shape index (κ3) is 2.41. The lowest BCUT2D eigenvalue weighted by molar-refractivity contribution is 0.283. The van der Waals surface area contributed by atoms with E-state index in [1.54, 1.807) is 11.3 Å². The van der Waals surface area contributed by atoms with Gasteiger partial charge in [-0.05, 0) is 39.0 Å². The lowest BCUT2D eigenvalue weighted by Gasteiger charge is -2.31. The molecule has 1 fully saturated rings. The largest absolute Gasteiger partial charge is 0.391 e. The number of aliphatic hydroxyl groups excluding tert-OH is 1. The zero-order chi connectivity index (χ0) is 13.3. The monoisotopic (exact) mass is 268 g/mol. The van der Waals surface area contributed by atoms with Gasteiger partial charge < -0.3 is 10.0 Å². The smallest absolute Gasteiger partial charge is 0.186 e. The van der Waals surface area contributed by atoms with Crippen molar-refractivity contribution in [2.45, 2.75) is 65.0 Å². The molecule has 0 amide bonds. The number of hydrogen-bond donors (Lipinski definition) is 1. The minimum Gasteiger partial charge on any atom is -0.391 e. The summed E-state index contributed by atoms with van der Waals surface area (Å²) >= 11 is 1.67. The van der Waals surface area contributed by atoms with Gasteiger partial charge in [-0.25, -0.2) is 4.98 Å². The molecular weight excluding hydrogens is 244 g/mol. The van der Waals surface area contributed by atoms with Crippen LogP contribution in [0.3, 0.4) is 0 Å². The highest BCUT2D eigenvalue weighted by atomic mass is 32.1. The number of aromatic nitrogens is 1. The van der Waals surface area contributed by atoms with Gasteiger partial charge in [0.15, 0.2) is 5.13 Å². The maximum atomic E-state index is 9.50. The second-order valence-electron chi connectivity index (χ2n) is 5.84. The Morgan fingerprint density at radius 1 is 1.50 bits per heavy atom. The molecule has 0 bridgehead atoms. The number of anilines is 1. The maximum Gasteiger partial charge on any atom is 0.186 e. The van der Waals surface area contributed by atoms with Gasteiger partial charge in [0.05, 0.1) is 17.2 Å². The highest BCUT2D eigenvalue weighted by Gasteiger charge is 2.34. The summed E-state index contributed by atoms with van der Waals surface area (Å²) in [4.78, 5) is 8.26. The molecule has 0 aromatic carbocycles. The first kappa shape index (κ1) is 13.8. The molecule has 0 spiro atoms. The van der Waals surface area contributed by atoms with Crippen LogP contribution in [0.4, 0.5) is 5.13 Å². The van der Waals surface area contributed by atoms with E-state index < -0.39 is 0 Å². The van der Waals surface area contributed by atoms with Gasteiger partial charge >= 0.3 is 0 Å². The van der Waals surface area contributed by atoms with Gasteiger partial charge in [0, 0.05) is 12.1 Å².